The Bertz CT molecular complexity index is 1190. The summed E-state index contributed by atoms with van der Waals surface area (Å²) in [5.74, 6) is 0.268. The summed E-state index contributed by atoms with van der Waals surface area (Å²) < 4.78 is 51.7. The number of carbonyl (C=O) groups excluding carboxylic acids is 1. The Kier molecular flexibility index (Phi) is 5.46. The SMILES string of the molecule is CC1(C)C(=O)N(c2ccc(C#N)c(C(F)(F)F)c2)C(=S)N1c1ccc2c(c1)O[C@@H](CO)CO2. The number of carbonyl (C=O) groups is 1. The van der Waals surface area contributed by atoms with E-state index in [9.17, 15) is 23.1 Å². The van der Waals surface area contributed by atoms with E-state index in [0.29, 0.717) is 17.2 Å². The lowest BCUT2D eigenvalue weighted by Gasteiger charge is -2.31. The van der Waals surface area contributed by atoms with Crippen molar-refractivity contribution in [3.8, 4) is 17.6 Å². The van der Waals surface area contributed by atoms with E-state index < -0.39 is 34.9 Å². The van der Waals surface area contributed by atoms with E-state index in [1.54, 1.807) is 32.0 Å². The van der Waals surface area contributed by atoms with Crippen molar-refractivity contribution in [3.05, 3.63) is 47.5 Å². The molecule has 0 spiro atoms. The van der Waals surface area contributed by atoms with Crippen LogP contribution in [0.2, 0.25) is 0 Å². The van der Waals surface area contributed by atoms with E-state index in [4.69, 9.17) is 27.0 Å². The van der Waals surface area contributed by atoms with Crippen LogP contribution in [0.25, 0.3) is 0 Å². The first-order chi connectivity index (χ1) is 15.5. The molecular weight excluding hydrogens is 459 g/mol. The molecule has 172 valence electrons. The van der Waals surface area contributed by atoms with Crippen molar-refractivity contribution in [2.45, 2.75) is 31.7 Å². The van der Waals surface area contributed by atoms with E-state index in [-0.39, 0.29) is 24.0 Å². The van der Waals surface area contributed by atoms with Crippen LogP contribution in [0.4, 0.5) is 24.5 Å². The highest BCUT2D eigenvalue weighted by Gasteiger charge is 2.51. The lowest BCUT2D eigenvalue weighted by Crippen LogP contribution is -2.44. The predicted octanol–water partition coefficient (Wildman–Crippen LogP) is 3.63. The van der Waals surface area contributed by atoms with Crippen LogP contribution in [0.3, 0.4) is 0 Å². The number of ether oxygens (including phenoxy) is 2. The van der Waals surface area contributed by atoms with Gasteiger partial charge in [0.15, 0.2) is 22.7 Å². The minimum absolute atomic E-state index is 0.0294. The molecule has 1 atom stereocenters. The Morgan fingerprint density at radius 2 is 1.91 bits per heavy atom. The lowest BCUT2D eigenvalue weighted by atomic mass is 10.0. The van der Waals surface area contributed by atoms with Gasteiger partial charge in [-0.15, -0.1) is 0 Å². The first-order valence-corrected chi connectivity index (χ1v) is 10.2. The highest BCUT2D eigenvalue weighted by atomic mass is 32.1. The summed E-state index contributed by atoms with van der Waals surface area (Å²) in [7, 11) is 0. The molecule has 7 nitrogen and oxygen atoms in total. The van der Waals surface area contributed by atoms with Gasteiger partial charge in [-0.05, 0) is 56.4 Å². The number of amides is 1. The molecule has 2 aromatic rings. The molecule has 2 heterocycles. The van der Waals surface area contributed by atoms with Gasteiger partial charge in [-0.3, -0.25) is 9.69 Å². The van der Waals surface area contributed by atoms with Crippen molar-refractivity contribution in [2.24, 2.45) is 0 Å². The van der Waals surface area contributed by atoms with E-state index in [1.165, 1.54) is 17.0 Å². The Morgan fingerprint density at radius 1 is 1.21 bits per heavy atom. The fraction of sp³-hybridized carbons (Fsp3) is 0.318. The lowest BCUT2D eigenvalue weighted by molar-refractivity contribution is -0.137. The van der Waals surface area contributed by atoms with E-state index in [2.05, 4.69) is 0 Å². The fourth-order valence-corrected chi connectivity index (χ4v) is 4.31. The molecule has 2 aliphatic rings. The van der Waals surface area contributed by atoms with Gasteiger partial charge in [0, 0.05) is 11.8 Å². The second kappa shape index (κ2) is 7.90. The Hall–Kier alpha value is -3.36. The van der Waals surface area contributed by atoms with Gasteiger partial charge in [0.25, 0.3) is 5.91 Å². The number of halogens is 3. The zero-order chi connectivity index (χ0) is 24.1. The molecule has 1 amide bonds. The third-order valence-electron chi connectivity index (χ3n) is 5.46. The summed E-state index contributed by atoms with van der Waals surface area (Å²) in [6, 6.07) is 9.43. The Morgan fingerprint density at radius 3 is 2.55 bits per heavy atom. The summed E-state index contributed by atoms with van der Waals surface area (Å²) in [4.78, 5) is 15.8. The van der Waals surface area contributed by atoms with Gasteiger partial charge < -0.3 is 19.5 Å². The number of thiocarbonyl (C=S) groups is 1. The molecule has 1 fully saturated rings. The van der Waals surface area contributed by atoms with Crippen molar-refractivity contribution in [2.75, 3.05) is 23.0 Å². The van der Waals surface area contributed by atoms with Crippen molar-refractivity contribution in [1.29, 1.82) is 5.26 Å². The maximum absolute atomic E-state index is 13.5. The summed E-state index contributed by atoms with van der Waals surface area (Å²) in [5.41, 5.74) is -2.56. The van der Waals surface area contributed by atoms with Crippen LogP contribution in [0.15, 0.2) is 36.4 Å². The Balaban J connectivity index is 1.76. The number of anilines is 2. The molecule has 0 aliphatic carbocycles. The van der Waals surface area contributed by atoms with Crippen LogP contribution in [0.1, 0.15) is 25.0 Å². The highest BCUT2D eigenvalue weighted by Crippen LogP contribution is 2.42. The van der Waals surface area contributed by atoms with E-state index in [1.807, 2.05) is 0 Å². The van der Waals surface area contributed by atoms with Gasteiger partial charge in [-0.2, -0.15) is 18.4 Å². The zero-order valence-electron chi connectivity index (χ0n) is 17.5. The van der Waals surface area contributed by atoms with Crippen LogP contribution in [0, 0.1) is 11.3 Å². The molecule has 1 N–H and O–H groups in total. The maximum atomic E-state index is 13.5. The molecule has 33 heavy (non-hydrogen) atoms. The third kappa shape index (κ3) is 3.75. The third-order valence-corrected chi connectivity index (χ3v) is 5.83. The standard InChI is InChI=1S/C22H18F3N3O4S/c1-21(2)19(30)27(13-4-3-12(9-26)16(7-13)22(23,24)25)20(33)28(21)14-5-6-17-18(8-14)32-15(10-29)11-31-17/h3-8,15,29H,10-11H2,1-2H3/t15-/m0/s1. The molecule has 0 unspecified atom stereocenters. The molecule has 0 saturated carbocycles. The number of nitriles is 1. The summed E-state index contributed by atoms with van der Waals surface area (Å²) >= 11 is 5.52. The molecule has 1 saturated heterocycles. The molecule has 0 radical (unpaired) electrons. The van der Waals surface area contributed by atoms with Crippen LogP contribution < -0.4 is 19.3 Å². The van der Waals surface area contributed by atoms with Crippen molar-refractivity contribution in [3.63, 3.8) is 0 Å². The van der Waals surface area contributed by atoms with Crippen LogP contribution >= 0.6 is 12.2 Å². The number of nitrogens with zero attached hydrogens (tertiary/aromatic N) is 3. The first kappa shape index (κ1) is 22.8. The summed E-state index contributed by atoms with van der Waals surface area (Å²) in [6.45, 7) is 3.14. The molecule has 11 heteroatoms. The second-order valence-corrected chi connectivity index (χ2v) is 8.39. The summed E-state index contributed by atoms with van der Waals surface area (Å²) in [6.07, 6.45) is -5.33. The molecule has 2 aliphatic heterocycles. The van der Waals surface area contributed by atoms with E-state index in [0.717, 1.165) is 17.0 Å². The minimum atomic E-state index is -4.78. The molecule has 0 aromatic heterocycles. The van der Waals surface area contributed by atoms with Gasteiger partial charge in [-0.25, -0.2) is 0 Å². The zero-order valence-corrected chi connectivity index (χ0v) is 18.3. The number of fused-ring (bicyclic) bond motifs is 1. The number of rotatable bonds is 3. The van der Waals surface area contributed by atoms with Crippen LogP contribution in [0.5, 0.6) is 11.5 Å². The molecular formula is C22H18F3N3O4S. The van der Waals surface area contributed by atoms with Crippen molar-refractivity contribution in [1.82, 2.24) is 0 Å². The number of hydrogen-bond acceptors (Lipinski definition) is 6. The average Bonchev–Trinajstić information content (AvgIpc) is 2.95. The summed E-state index contributed by atoms with van der Waals surface area (Å²) in [5, 5.41) is 18.4. The largest absolute Gasteiger partial charge is 0.486 e. The van der Waals surface area contributed by atoms with Gasteiger partial charge in [0.05, 0.1) is 29.5 Å². The first-order valence-electron chi connectivity index (χ1n) is 9.83. The molecule has 0 bridgehead atoms. The van der Waals surface area contributed by atoms with Gasteiger partial charge >= 0.3 is 6.18 Å². The molecule has 4 rings (SSSR count). The maximum Gasteiger partial charge on any atom is 0.417 e. The van der Waals surface area contributed by atoms with Gasteiger partial charge in [-0.1, -0.05) is 0 Å². The number of benzene rings is 2. The number of aliphatic hydroxyl groups is 1. The number of aliphatic hydroxyl groups excluding tert-OH is 1. The van der Waals surface area contributed by atoms with Crippen molar-refractivity contribution >= 4 is 34.6 Å². The molecule has 2 aromatic carbocycles. The number of alkyl halides is 3. The minimum Gasteiger partial charge on any atom is -0.486 e. The smallest absolute Gasteiger partial charge is 0.417 e. The quantitative estimate of drug-likeness (QED) is 0.676. The van der Waals surface area contributed by atoms with Crippen molar-refractivity contribution < 1.29 is 32.5 Å². The highest BCUT2D eigenvalue weighted by molar-refractivity contribution is 7.81. The van der Waals surface area contributed by atoms with Gasteiger partial charge in [0.2, 0.25) is 0 Å². The predicted molar refractivity (Wildman–Crippen MR) is 116 cm³/mol. The topological polar surface area (TPSA) is 86.0 Å². The second-order valence-electron chi connectivity index (χ2n) is 8.02. The van der Waals surface area contributed by atoms with Gasteiger partial charge in [0.1, 0.15) is 12.1 Å². The normalized spacial score (nSPS) is 19.6. The fourth-order valence-electron chi connectivity index (χ4n) is 3.79. The Labute approximate surface area is 192 Å². The van der Waals surface area contributed by atoms with Crippen LogP contribution in [-0.4, -0.2) is 41.0 Å². The number of hydrogen-bond donors (Lipinski definition) is 1. The van der Waals surface area contributed by atoms with Crippen LogP contribution in [-0.2, 0) is 11.0 Å². The van der Waals surface area contributed by atoms with E-state index >= 15 is 0 Å². The average molecular weight is 477 g/mol. The monoisotopic (exact) mass is 477 g/mol.